The molecule has 7 heteroatoms. The zero-order valence-electron chi connectivity index (χ0n) is 14.5. The monoisotopic (exact) mass is 350 g/mol. The molecule has 4 N–H and O–H groups in total. The smallest absolute Gasteiger partial charge is 0.257 e. The van der Waals surface area contributed by atoms with Crippen LogP contribution in [0.1, 0.15) is 29.5 Å². The van der Waals surface area contributed by atoms with E-state index in [-0.39, 0.29) is 18.6 Å². The average molecular weight is 350 g/mol. The Morgan fingerprint density at radius 2 is 1.96 bits per heavy atom. The predicted octanol–water partition coefficient (Wildman–Crippen LogP) is 1.70. The Labute approximate surface area is 148 Å². The minimum Gasteiger partial charge on any atom is -0.376 e. The number of hydrazine groups is 1. The first-order chi connectivity index (χ1) is 11.5. The van der Waals surface area contributed by atoms with Crippen molar-refractivity contribution < 1.29 is 9.53 Å². The Kier molecular flexibility index (Phi) is 6.81. The molecule has 0 unspecified atom stereocenters. The molecule has 0 radical (unpaired) electrons. The minimum atomic E-state index is -0.185. The van der Waals surface area contributed by atoms with Gasteiger partial charge in [0.15, 0.2) is 5.11 Å². The number of aryl methyl sites for hydroxylation is 3. The number of carbonyl (C=O) groups is 1. The number of thiocarbonyl (C=S) groups is 1. The van der Waals surface area contributed by atoms with E-state index in [4.69, 9.17) is 17.0 Å². The van der Waals surface area contributed by atoms with E-state index in [9.17, 15) is 4.79 Å². The molecule has 1 amide bonds. The molecule has 1 aliphatic heterocycles. The molecule has 0 spiro atoms. The fourth-order valence-electron chi connectivity index (χ4n) is 2.85. The maximum atomic E-state index is 11.9. The third-order valence-corrected chi connectivity index (χ3v) is 4.18. The zero-order chi connectivity index (χ0) is 17.5. The molecule has 1 aromatic carbocycles. The number of anilines is 1. The van der Waals surface area contributed by atoms with Crippen molar-refractivity contribution in [1.82, 2.24) is 16.2 Å². The second-order valence-electron chi connectivity index (χ2n) is 6.15. The molecule has 132 valence electrons. The number of benzene rings is 1. The number of hydrogen-bond donors (Lipinski definition) is 4. The second kappa shape index (κ2) is 8.84. The molecule has 0 aromatic heterocycles. The molecular formula is C17H26N4O2S. The summed E-state index contributed by atoms with van der Waals surface area (Å²) in [7, 11) is 0. The molecule has 1 aliphatic rings. The topological polar surface area (TPSA) is 74.4 Å². The molecule has 1 atom stereocenters. The van der Waals surface area contributed by atoms with Gasteiger partial charge >= 0.3 is 0 Å². The van der Waals surface area contributed by atoms with Gasteiger partial charge in [-0.2, -0.15) is 0 Å². The highest BCUT2D eigenvalue weighted by molar-refractivity contribution is 7.80. The Morgan fingerprint density at radius 1 is 1.25 bits per heavy atom. The van der Waals surface area contributed by atoms with Gasteiger partial charge in [0.05, 0.1) is 12.6 Å². The van der Waals surface area contributed by atoms with Gasteiger partial charge in [0, 0.05) is 18.8 Å². The van der Waals surface area contributed by atoms with Gasteiger partial charge < -0.3 is 15.4 Å². The van der Waals surface area contributed by atoms with Gasteiger partial charge in [-0.25, -0.2) is 0 Å². The number of amides is 1. The minimum absolute atomic E-state index is 0.173. The van der Waals surface area contributed by atoms with Crippen LogP contribution in [0, 0.1) is 20.8 Å². The van der Waals surface area contributed by atoms with Crippen molar-refractivity contribution in [2.75, 3.05) is 25.0 Å². The highest BCUT2D eigenvalue weighted by atomic mass is 32.1. The van der Waals surface area contributed by atoms with Gasteiger partial charge in [0.2, 0.25) is 0 Å². The number of rotatable bonds is 5. The first kappa shape index (κ1) is 18.5. The van der Waals surface area contributed by atoms with Crippen LogP contribution in [0.3, 0.4) is 0 Å². The summed E-state index contributed by atoms with van der Waals surface area (Å²) < 4.78 is 5.50. The lowest BCUT2D eigenvalue weighted by atomic mass is 10.1. The summed E-state index contributed by atoms with van der Waals surface area (Å²) in [4.78, 5) is 11.9. The summed E-state index contributed by atoms with van der Waals surface area (Å²) in [5.41, 5.74) is 9.75. The van der Waals surface area contributed by atoms with Crippen LogP contribution in [0.25, 0.3) is 0 Å². The van der Waals surface area contributed by atoms with Crippen molar-refractivity contribution in [3.63, 3.8) is 0 Å². The lowest BCUT2D eigenvalue weighted by molar-refractivity contribution is -0.119. The largest absolute Gasteiger partial charge is 0.376 e. The second-order valence-corrected chi connectivity index (χ2v) is 6.55. The number of carbonyl (C=O) groups excluding carboxylic acids is 1. The lowest BCUT2D eigenvalue weighted by Gasteiger charge is -2.16. The van der Waals surface area contributed by atoms with Crippen LogP contribution in [-0.2, 0) is 9.53 Å². The Hall–Kier alpha value is -1.86. The van der Waals surface area contributed by atoms with E-state index in [1.807, 2.05) is 13.8 Å². The fourth-order valence-corrected chi connectivity index (χ4v) is 2.99. The molecule has 24 heavy (non-hydrogen) atoms. The molecular weight excluding hydrogens is 324 g/mol. The Balaban J connectivity index is 1.68. The van der Waals surface area contributed by atoms with Crippen LogP contribution in [0.4, 0.5) is 5.69 Å². The number of hydrogen-bond acceptors (Lipinski definition) is 4. The number of ether oxygens (including phenoxy) is 1. The average Bonchev–Trinajstić information content (AvgIpc) is 3.03. The van der Waals surface area contributed by atoms with E-state index < -0.39 is 0 Å². The van der Waals surface area contributed by atoms with E-state index in [0.717, 1.165) is 36.3 Å². The van der Waals surface area contributed by atoms with Crippen LogP contribution >= 0.6 is 12.2 Å². The van der Waals surface area contributed by atoms with Gasteiger partial charge in [0.1, 0.15) is 0 Å². The van der Waals surface area contributed by atoms with Gasteiger partial charge in [0.25, 0.3) is 5.91 Å². The maximum absolute atomic E-state index is 11.9. The number of nitrogens with one attached hydrogen (secondary N) is 4. The van der Waals surface area contributed by atoms with Crippen LogP contribution in [0.15, 0.2) is 12.1 Å². The third kappa shape index (κ3) is 5.65. The van der Waals surface area contributed by atoms with E-state index in [0.29, 0.717) is 11.7 Å². The summed E-state index contributed by atoms with van der Waals surface area (Å²) in [6.45, 7) is 7.76. The van der Waals surface area contributed by atoms with Crippen molar-refractivity contribution in [3.8, 4) is 0 Å². The lowest BCUT2D eigenvalue weighted by Crippen LogP contribution is -2.49. The molecule has 2 rings (SSSR count). The normalized spacial score (nSPS) is 16.5. The van der Waals surface area contributed by atoms with E-state index in [1.165, 1.54) is 5.56 Å². The molecule has 0 bridgehead atoms. The summed E-state index contributed by atoms with van der Waals surface area (Å²) in [6, 6.07) is 4.19. The van der Waals surface area contributed by atoms with E-state index in [2.05, 4.69) is 40.5 Å². The molecule has 1 saturated heterocycles. The van der Waals surface area contributed by atoms with Crippen LogP contribution in [0.5, 0.6) is 0 Å². The Bertz CT molecular complexity index is 577. The van der Waals surface area contributed by atoms with Crippen LogP contribution in [0.2, 0.25) is 0 Å². The Morgan fingerprint density at radius 3 is 2.58 bits per heavy atom. The first-order valence-electron chi connectivity index (χ1n) is 8.21. The molecule has 6 nitrogen and oxygen atoms in total. The third-order valence-electron chi connectivity index (χ3n) is 3.93. The SMILES string of the molecule is Cc1cc(C)c(NCC(=O)NNC(=S)NC[C@@H]2CCCO2)c(C)c1. The van der Waals surface area contributed by atoms with Gasteiger partial charge in [-0.05, 0) is 57.0 Å². The highest BCUT2D eigenvalue weighted by Crippen LogP contribution is 2.21. The van der Waals surface area contributed by atoms with Crippen molar-refractivity contribution >= 4 is 28.9 Å². The van der Waals surface area contributed by atoms with Crippen molar-refractivity contribution in [2.24, 2.45) is 0 Å². The summed E-state index contributed by atoms with van der Waals surface area (Å²) in [5.74, 6) is -0.185. The van der Waals surface area contributed by atoms with Crippen molar-refractivity contribution in [2.45, 2.75) is 39.7 Å². The van der Waals surface area contributed by atoms with Gasteiger partial charge in [-0.3, -0.25) is 15.6 Å². The fraction of sp³-hybridized carbons (Fsp3) is 0.529. The quantitative estimate of drug-likeness (QED) is 0.478. The molecule has 1 heterocycles. The van der Waals surface area contributed by atoms with Crippen molar-refractivity contribution in [1.29, 1.82) is 0 Å². The summed E-state index contributed by atoms with van der Waals surface area (Å²) in [5, 5.41) is 6.60. The van der Waals surface area contributed by atoms with Crippen molar-refractivity contribution in [3.05, 3.63) is 28.8 Å². The summed E-state index contributed by atoms with van der Waals surface area (Å²) in [6.07, 6.45) is 2.34. The van der Waals surface area contributed by atoms with E-state index in [1.54, 1.807) is 0 Å². The summed E-state index contributed by atoms with van der Waals surface area (Å²) >= 11 is 5.13. The van der Waals surface area contributed by atoms with Crippen LogP contribution in [-0.4, -0.2) is 36.8 Å². The first-order valence-corrected chi connectivity index (χ1v) is 8.62. The van der Waals surface area contributed by atoms with Gasteiger partial charge in [-0.1, -0.05) is 17.7 Å². The van der Waals surface area contributed by atoms with Gasteiger partial charge in [-0.15, -0.1) is 0 Å². The molecule has 0 saturated carbocycles. The molecule has 1 fully saturated rings. The molecule has 1 aromatic rings. The maximum Gasteiger partial charge on any atom is 0.257 e. The van der Waals surface area contributed by atoms with E-state index >= 15 is 0 Å². The standard InChI is InChI=1S/C17H26N4O2S/c1-11-7-12(2)16(13(3)8-11)18-10-15(22)20-21-17(24)19-9-14-5-4-6-23-14/h7-8,14,18H,4-6,9-10H2,1-3H3,(H,20,22)(H2,19,21,24)/t14-/m0/s1. The van der Waals surface area contributed by atoms with Crippen LogP contribution < -0.4 is 21.5 Å². The highest BCUT2D eigenvalue weighted by Gasteiger charge is 2.15. The zero-order valence-corrected chi connectivity index (χ0v) is 15.3. The molecule has 0 aliphatic carbocycles. The predicted molar refractivity (Wildman–Crippen MR) is 100.0 cm³/mol.